The molecule has 10 heteroatoms. The fourth-order valence-electron chi connectivity index (χ4n) is 2.49. The maximum absolute atomic E-state index is 9.96. The number of hydrogen-bond acceptors (Lipinski definition) is 6. The summed E-state index contributed by atoms with van der Waals surface area (Å²) in [7, 11) is -1.00. The molecule has 3 nitrogen and oxygen atoms in total. The van der Waals surface area contributed by atoms with E-state index in [4.69, 9.17) is 19.3 Å². The van der Waals surface area contributed by atoms with E-state index >= 15 is 0 Å². The van der Waals surface area contributed by atoms with Crippen LogP contribution in [0.25, 0.3) is 10.2 Å². The van der Waals surface area contributed by atoms with Crippen LogP contribution in [-0.4, -0.2) is 24.3 Å². The molecule has 192 valence electrons. The molecule has 0 bridgehead atoms. The van der Waals surface area contributed by atoms with Crippen molar-refractivity contribution in [2.24, 2.45) is 0 Å². The number of thiol groups is 1. The molecule has 0 amide bonds. The molecule has 0 aliphatic rings. The number of hydrogen-bond donors (Lipinski definition) is 2. The minimum absolute atomic E-state index is 0. The zero-order valence-electron chi connectivity index (χ0n) is 22.8. The summed E-state index contributed by atoms with van der Waals surface area (Å²) in [5.41, 5.74) is 12.8. The number of alkyl halides is 1. The second-order valence-corrected chi connectivity index (χ2v) is 11.7. The molecule has 0 fully saturated rings. The minimum Gasteiger partial charge on any atom is -0.813 e. The Bertz CT molecular complexity index is 1080. The normalized spacial score (nSPS) is 10.4. The number of halogens is 2. The molecule has 0 aliphatic carbocycles. The smallest absolute Gasteiger partial charge is 0.813 e. The average Bonchev–Trinajstić information content (AvgIpc) is 3.10. The summed E-state index contributed by atoms with van der Waals surface area (Å²) in [5, 5.41) is 0. The van der Waals surface area contributed by atoms with Crippen LogP contribution in [0.3, 0.4) is 0 Å². The average molecular weight is 648 g/mol. The molecule has 3 rings (SSSR count). The zero-order valence-corrected chi connectivity index (χ0v) is 29.8. The largest absolute Gasteiger partial charge is 1.00 e. The summed E-state index contributed by atoms with van der Waals surface area (Å²) in [6.07, 6.45) is 0. The number of nitrogens with two attached hydrogens (primary N) is 1. The van der Waals surface area contributed by atoms with Gasteiger partial charge in [-0.25, -0.2) is 5.55 Å². The number of aromatic nitrogens is 1. The van der Waals surface area contributed by atoms with Crippen molar-refractivity contribution in [3.05, 3.63) is 56.0 Å². The number of benzene rings is 2. The fraction of sp³-hybridized carbons (Fsp3) is 0.440. The Balaban J connectivity index is -0.000000453. The zero-order chi connectivity index (χ0) is 26.5. The third kappa shape index (κ3) is 15.6. The van der Waals surface area contributed by atoms with E-state index in [0.29, 0.717) is 6.61 Å². The molecule has 0 atom stereocenters. The van der Waals surface area contributed by atoms with Gasteiger partial charge in [-0.2, -0.15) is 0 Å². The molecule has 1 aromatic heterocycles. The molecule has 0 spiro atoms. The van der Waals surface area contributed by atoms with Crippen LogP contribution in [0.2, 0.25) is 0 Å². The van der Waals surface area contributed by atoms with E-state index in [1.54, 1.807) is 11.3 Å². The first kappa shape index (κ1) is 37.8. The first-order valence-corrected chi connectivity index (χ1v) is 12.7. The summed E-state index contributed by atoms with van der Waals surface area (Å²) < 4.78 is 23.0. The van der Waals surface area contributed by atoms with Gasteiger partial charge in [-0.1, -0.05) is 53.7 Å². The molecule has 1 heterocycles. The third-order valence-electron chi connectivity index (χ3n) is 4.35. The van der Waals surface area contributed by atoms with Crippen LogP contribution in [-0.2, 0) is 29.1 Å². The van der Waals surface area contributed by atoms with E-state index in [0.717, 1.165) is 19.6 Å². The van der Waals surface area contributed by atoms with Gasteiger partial charge in [0.1, 0.15) is 0 Å². The van der Waals surface area contributed by atoms with Crippen LogP contribution in [0.4, 0.5) is 10.1 Å². The van der Waals surface area contributed by atoms with Gasteiger partial charge >= 0.3 is 51.4 Å². The number of anilines is 1. The van der Waals surface area contributed by atoms with E-state index in [1.807, 2.05) is 19.1 Å². The molecular formula is C25H36BrFKN2OS4-. The summed E-state index contributed by atoms with van der Waals surface area (Å²) in [6.45, 7) is 15.7. The number of thiocarbonyl (C=S) groups is 1. The molecule has 3 N–H and O–H groups in total. The van der Waals surface area contributed by atoms with Gasteiger partial charge in [-0.3, -0.25) is 4.39 Å². The maximum Gasteiger partial charge on any atom is 1.00 e. The molecule has 0 unspecified atom stereocenters. The number of fused-ring (bicyclic) bond motifs is 1. The molecule has 35 heavy (non-hydrogen) atoms. The van der Waals surface area contributed by atoms with Gasteiger partial charge in [0.05, 0.1) is 18.7 Å². The van der Waals surface area contributed by atoms with E-state index in [1.165, 1.54) is 15.8 Å². The van der Waals surface area contributed by atoms with Crippen LogP contribution in [0.1, 0.15) is 61.0 Å². The van der Waals surface area contributed by atoms with Crippen molar-refractivity contribution < 1.29 is 61.9 Å². The Hall–Kier alpha value is 0.636. The number of aromatic amines is 1. The minimum atomic E-state index is -1.00. The van der Waals surface area contributed by atoms with Crippen molar-refractivity contribution in [3.63, 3.8) is 0 Å². The van der Waals surface area contributed by atoms with Crippen LogP contribution >= 0.6 is 51.7 Å². The topological polar surface area (TPSA) is 51.0 Å². The SMILES string of the molecule is CC(C)(C)c1ccc(Br)c(N)c1.CC(C)(C)c1ccc2sc(=S)[nH]c2c1.CCO[C-]=S.[2H]CF.[K+].[SH-]. The Labute approximate surface area is 284 Å². The van der Waals surface area contributed by atoms with Crippen molar-refractivity contribution in [1.29, 1.82) is 0 Å². The van der Waals surface area contributed by atoms with Gasteiger partial charge in [0.25, 0.3) is 0 Å². The van der Waals surface area contributed by atoms with Gasteiger partial charge in [-0.15, -0.1) is 11.3 Å². The van der Waals surface area contributed by atoms with Crippen LogP contribution in [0, 0.1) is 3.95 Å². The quantitative estimate of drug-likeness (QED) is 0.0926. The fourth-order valence-corrected chi connectivity index (χ4v) is 3.95. The molecule has 0 aliphatic heterocycles. The number of nitrogens with one attached hydrogen (secondary N) is 1. The Morgan fingerprint density at radius 2 is 1.60 bits per heavy atom. The van der Waals surface area contributed by atoms with Gasteiger partial charge < -0.3 is 41.2 Å². The molecule has 3 aromatic rings. The second kappa shape index (κ2) is 19.7. The van der Waals surface area contributed by atoms with Crippen LogP contribution in [0.5, 0.6) is 0 Å². The Morgan fingerprint density at radius 3 is 2.00 bits per heavy atom. The number of ether oxygens (including phenoxy) is 1. The van der Waals surface area contributed by atoms with Crippen molar-refractivity contribution in [3.8, 4) is 0 Å². The summed E-state index contributed by atoms with van der Waals surface area (Å²) in [4.78, 5) is 3.20. The van der Waals surface area contributed by atoms with Gasteiger partial charge in [-0.05, 0) is 81.3 Å². The van der Waals surface area contributed by atoms with Gasteiger partial charge in [0.15, 0.2) is 3.95 Å². The summed E-state index contributed by atoms with van der Waals surface area (Å²) in [5.74, 6) is 0. The molecule has 2 aromatic carbocycles. The standard InChI is InChI=1S/C11H13NS2.C10H14BrN.C3H5OS.CH3F.K.H2S/c1-11(2,3)7-4-5-9-8(6-7)12-10(13)14-9;1-10(2,3)7-4-5-8(11)9(12)6-7;1-2-4-3-5;1-2;;/h4-6H,1-3H3,(H,12,13);4-6H,12H2,1-3H3;2H2,1H3;1H3;;1H2/q;;-1;;+1;/p-1/i;;;1D;;. The monoisotopic (exact) mass is 646 g/mol. The van der Waals surface area contributed by atoms with Crippen molar-refractivity contribution in [2.75, 3.05) is 19.5 Å². The predicted octanol–water partition coefficient (Wildman–Crippen LogP) is 5.76. The van der Waals surface area contributed by atoms with E-state index in [2.05, 4.69) is 109 Å². The van der Waals surface area contributed by atoms with Crippen molar-refractivity contribution >= 4 is 86.7 Å². The van der Waals surface area contributed by atoms with Gasteiger partial charge in [0.2, 0.25) is 0 Å². The van der Waals surface area contributed by atoms with Crippen LogP contribution in [0.15, 0.2) is 40.9 Å². The van der Waals surface area contributed by atoms with Crippen molar-refractivity contribution in [2.45, 2.75) is 59.3 Å². The first-order valence-electron chi connectivity index (χ1n) is 10.9. The van der Waals surface area contributed by atoms with Gasteiger partial charge in [0, 0.05) is 16.8 Å². The molecular weight excluding hydrogens is 611 g/mol. The molecule has 0 saturated heterocycles. The predicted molar refractivity (Wildman–Crippen MR) is 163 cm³/mol. The summed E-state index contributed by atoms with van der Waals surface area (Å²) in [6, 6.07) is 12.6. The number of H-pyrrole nitrogens is 1. The van der Waals surface area contributed by atoms with E-state index < -0.39 is 7.15 Å². The Morgan fingerprint density at radius 1 is 1.11 bits per heavy atom. The van der Waals surface area contributed by atoms with Crippen LogP contribution < -0.4 is 57.1 Å². The third-order valence-corrected chi connectivity index (χ3v) is 6.41. The second-order valence-electron chi connectivity index (χ2n) is 8.98. The first-order chi connectivity index (χ1) is 15.7. The molecule has 0 saturated carbocycles. The maximum atomic E-state index is 9.96. The van der Waals surface area contributed by atoms with E-state index in [-0.39, 0.29) is 75.7 Å². The van der Waals surface area contributed by atoms with E-state index in [9.17, 15) is 4.39 Å². The molecule has 0 radical (unpaired) electrons. The summed E-state index contributed by atoms with van der Waals surface area (Å²) >= 11 is 14.3. The number of rotatable bonds is 2. The number of thiazole rings is 1. The number of nitrogen functional groups attached to an aromatic ring is 1. The Kier molecular flexibility index (Phi) is 21.2. The van der Waals surface area contributed by atoms with Crippen molar-refractivity contribution in [1.82, 2.24) is 4.98 Å².